The third kappa shape index (κ3) is 4.83. The van der Waals surface area contributed by atoms with Crippen LogP contribution in [0.5, 0.6) is 5.75 Å². The van der Waals surface area contributed by atoms with Crippen molar-refractivity contribution in [1.29, 1.82) is 0 Å². The number of nitrogens with one attached hydrogen (secondary N) is 1. The number of likely N-dealkylation sites (tertiary alicyclic amines) is 1. The van der Waals surface area contributed by atoms with Crippen molar-refractivity contribution >= 4 is 23.6 Å². The Bertz CT molecular complexity index is 809. The van der Waals surface area contributed by atoms with Gasteiger partial charge in [0.1, 0.15) is 11.8 Å². The Balaban J connectivity index is 1.59. The van der Waals surface area contributed by atoms with Crippen LogP contribution < -0.4 is 4.74 Å². The Kier molecular flexibility index (Phi) is 6.91. The molecule has 0 saturated carbocycles. The number of benzene rings is 1. The Hall–Kier alpha value is -2.55. The average molecular weight is 404 g/mol. The van der Waals surface area contributed by atoms with E-state index in [9.17, 15) is 9.59 Å². The third-order valence-corrected chi connectivity index (χ3v) is 5.37. The second kappa shape index (κ2) is 9.59. The Morgan fingerprint density at radius 1 is 1.29 bits per heavy atom. The summed E-state index contributed by atoms with van der Waals surface area (Å²) in [5.74, 6) is 1.15. The molecular weight excluding hydrogens is 380 g/mol. The number of rotatable bonds is 7. The van der Waals surface area contributed by atoms with Gasteiger partial charge in [0.15, 0.2) is 5.82 Å². The van der Waals surface area contributed by atoms with Crippen molar-refractivity contribution in [2.45, 2.75) is 37.4 Å². The van der Waals surface area contributed by atoms with Gasteiger partial charge < -0.3 is 14.4 Å². The molecular formula is C19H24N4O4S. The predicted octanol–water partition coefficient (Wildman–Crippen LogP) is 2.52. The van der Waals surface area contributed by atoms with Gasteiger partial charge in [-0.05, 0) is 50.5 Å². The summed E-state index contributed by atoms with van der Waals surface area (Å²) in [4.78, 5) is 30.8. The number of esters is 1. The Labute approximate surface area is 168 Å². The number of hydrogen-bond acceptors (Lipinski definition) is 7. The van der Waals surface area contributed by atoms with Gasteiger partial charge in [-0.2, -0.15) is 0 Å². The summed E-state index contributed by atoms with van der Waals surface area (Å²) >= 11 is 1.25. The zero-order valence-corrected chi connectivity index (χ0v) is 16.8. The number of hydrogen-bond donors (Lipinski definition) is 1. The standard InChI is InChI=1S/C19H24N4O4S/c1-3-27-18(25)15-6-4-5-11-23(15)16(24)12-28-19-20-17(21-22-19)13-7-9-14(26-2)10-8-13/h7-10,15H,3-6,11-12H2,1-2H3,(H,20,21,22)/t15-/m1/s1. The van der Waals surface area contributed by atoms with Crippen LogP contribution in [0.1, 0.15) is 26.2 Å². The number of H-pyrrole nitrogens is 1. The third-order valence-electron chi connectivity index (χ3n) is 4.53. The van der Waals surface area contributed by atoms with Gasteiger partial charge in [0, 0.05) is 12.1 Å². The largest absolute Gasteiger partial charge is 0.497 e. The smallest absolute Gasteiger partial charge is 0.328 e. The van der Waals surface area contributed by atoms with Gasteiger partial charge >= 0.3 is 5.97 Å². The summed E-state index contributed by atoms with van der Waals surface area (Å²) in [5.41, 5.74) is 0.880. The number of carbonyl (C=O) groups is 2. The summed E-state index contributed by atoms with van der Waals surface area (Å²) < 4.78 is 10.3. The number of carbonyl (C=O) groups excluding carboxylic acids is 2. The lowest BCUT2D eigenvalue weighted by Gasteiger charge is -2.33. The van der Waals surface area contributed by atoms with E-state index in [0.717, 1.165) is 24.2 Å². The summed E-state index contributed by atoms with van der Waals surface area (Å²) in [6.45, 7) is 2.66. The monoisotopic (exact) mass is 404 g/mol. The first kappa shape index (κ1) is 20.2. The summed E-state index contributed by atoms with van der Waals surface area (Å²) in [5, 5.41) is 7.54. The van der Waals surface area contributed by atoms with Gasteiger partial charge in [-0.25, -0.2) is 9.78 Å². The average Bonchev–Trinajstić information content (AvgIpc) is 3.21. The van der Waals surface area contributed by atoms with Crippen LogP contribution >= 0.6 is 11.8 Å². The van der Waals surface area contributed by atoms with Crippen molar-refractivity contribution in [3.8, 4) is 17.1 Å². The van der Waals surface area contributed by atoms with Crippen LogP contribution in [-0.4, -0.2) is 64.0 Å². The van der Waals surface area contributed by atoms with Crippen molar-refractivity contribution in [1.82, 2.24) is 20.1 Å². The number of methoxy groups -OCH3 is 1. The lowest BCUT2D eigenvalue weighted by molar-refractivity contribution is -0.155. The van der Waals surface area contributed by atoms with Crippen molar-refractivity contribution in [2.24, 2.45) is 0 Å². The van der Waals surface area contributed by atoms with E-state index in [4.69, 9.17) is 9.47 Å². The fourth-order valence-corrected chi connectivity index (χ4v) is 3.80. The highest BCUT2D eigenvalue weighted by atomic mass is 32.2. The van der Waals surface area contributed by atoms with Gasteiger partial charge in [0.25, 0.3) is 0 Å². The molecule has 1 N–H and O–H groups in total. The molecule has 1 aliphatic rings. The fourth-order valence-electron chi connectivity index (χ4n) is 3.11. The summed E-state index contributed by atoms with van der Waals surface area (Å²) in [6, 6.07) is 6.98. The van der Waals surface area contributed by atoms with E-state index in [2.05, 4.69) is 15.2 Å². The molecule has 3 rings (SSSR count). The van der Waals surface area contributed by atoms with Crippen molar-refractivity contribution in [2.75, 3.05) is 26.0 Å². The molecule has 0 aliphatic carbocycles. The normalized spacial score (nSPS) is 16.6. The number of piperidine rings is 1. The van der Waals surface area contributed by atoms with Crippen LogP contribution in [0, 0.1) is 0 Å². The molecule has 9 heteroatoms. The van der Waals surface area contributed by atoms with E-state index in [1.807, 2.05) is 24.3 Å². The molecule has 8 nitrogen and oxygen atoms in total. The number of aromatic amines is 1. The second-order valence-corrected chi connectivity index (χ2v) is 7.28. The molecule has 1 fully saturated rings. The van der Waals surface area contributed by atoms with Crippen LogP contribution in [0.25, 0.3) is 11.4 Å². The van der Waals surface area contributed by atoms with Gasteiger partial charge in [-0.3, -0.25) is 9.89 Å². The van der Waals surface area contributed by atoms with Crippen molar-refractivity contribution in [3.63, 3.8) is 0 Å². The predicted molar refractivity (Wildman–Crippen MR) is 105 cm³/mol. The molecule has 1 amide bonds. The van der Waals surface area contributed by atoms with E-state index in [1.165, 1.54) is 11.8 Å². The summed E-state index contributed by atoms with van der Waals surface area (Å²) in [6.07, 6.45) is 2.47. The van der Waals surface area contributed by atoms with E-state index < -0.39 is 6.04 Å². The highest BCUT2D eigenvalue weighted by Crippen LogP contribution is 2.24. The zero-order chi connectivity index (χ0) is 19.9. The van der Waals surface area contributed by atoms with E-state index >= 15 is 0 Å². The molecule has 1 aromatic heterocycles. The molecule has 2 aromatic rings. The molecule has 1 aromatic carbocycles. The second-order valence-electron chi connectivity index (χ2n) is 6.33. The maximum Gasteiger partial charge on any atom is 0.328 e. The molecule has 0 bridgehead atoms. The summed E-state index contributed by atoms with van der Waals surface area (Å²) in [7, 11) is 1.62. The minimum absolute atomic E-state index is 0.0986. The Morgan fingerprint density at radius 3 is 2.79 bits per heavy atom. The van der Waals surface area contributed by atoms with Crippen LogP contribution in [0.4, 0.5) is 0 Å². The number of nitrogens with zero attached hydrogens (tertiary/aromatic N) is 3. The highest BCUT2D eigenvalue weighted by Gasteiger charge is 2.33. The van der Waals surface area contributed by atoms with E-state index in [1.54, 1.807) is 18.9 Å². The number of thioether (sulfide) groups is 1. The lowest BCUT2D eigenvalue weighted by Crippen LogP contribution is -2.49. The molecule has 1 saturated heterocycles. The topological polar surface area (TPSA) is 97.4 Å². The molecule has 28 heavy (non-hydrogen) atoms. The molecule has 0 unspecified atom stereocenters. The van der Waals surface area contributed by atoms with Crippen LogP contribution in [0.2, 0.25) is 0 Å². The molecule has 1 atom stereocenters. The first-order valence-electron chi connectivity index (χ1n) is 9.28. The number of amides is 1. The lowest BCUT2D eigenvalue weighted by atomic mass is 10.0. The van der Waals surface area contributed by atoms with Crippen molar-refractivity contribution in [3.05, 3.63) is 24.3 Å². The molecule has 0 radical (unpaired) electrons. The van der Waals surface area contributed by atoms with E-state index in [0.29, 0.717) is 30.6 Å². The minimum Gasteiger partial charge on any atom is -0.497 e. The number of aromatic nitrogens is 3. The van der Waals surface area contributed by atoms with Gasteiger partial charge in [0.2, 0.25) is 11.1 Å². The molecule has 1 aliphatic heterocycles. The first-order chi connectivity index (χ1) is 13.6. The maximum absolute atomic E-state index is 12.7. The molecule has 0 spiro atoms. The van der Waals surface area contributed by atoms with Crippen LogP contribution in [0.3, 0.4) is 0 Å². The van der Waals surface area contributed by atoms with Gasteiger partial charge in [-0.15, -0.1) is 5.10 Å². The van der Waals surface area contributed by atoms with Crippen molar-refractivity contribution < 1.29 is 19.1 Å². The fraction of sp³-hybridized carbons (Fsp3) is 0.474. The SMILES string of the molecule is CCOC(=O)[C@H]1CCCCN1C(=O)CSc1n[nH]c(-c2ccc(OC)cc2)n1. The van der Waals surface area contributed by atoms with Gasteiger partial charge in [0.05, 0.1) is 19.5 Å². The molecule has 150 valence electrons. The quantitative estimate of drug-likeness (QED) is 0.559. The number of ether oxygens (including phenoxy) is 2. The van der Waals surface area contributed by atoms with Gasteiger partial charge in [-0.1, -0.05) is 11.8 Å². The van der Waals surface area contributed by atoms with E-state index in [-0.39, 0.29) is 17.6 Å². The minimum atomic E-state index is -0.483. The zero-order valence-electron chi connectivity index (χ0n) is 16.0. The van der Waals surface area contributed by atoms with Crippen LogP contribution in [0.15, 0.2) is 29.4 Å². The maximum atomic E-state index is 12.7. The van der Waals surface area contributed by atoms with Crippen LogP contribution in [-0.2, 0) is 14.3 Å². The Morgan fingerprint density at radius 2 is 2.07 bits per heavy atom. The highest BCUT2D eigenvalue weighted by molar-refractivity contribution is 7.99. The first-order valence-corrected chi connectivity index (χ1v) is 10.3. The molecule has 2 heterocycles.